The Morgan fingerprint density at radius 1 is 1.16 bits per heavy atom. The van der Waals surface area contributed by atoms with Crippen LogP contribution >= 0.6 is 11.8 Å². The predicted molar refractivity (Wildman–Crippen MR) is 97.3 cm³/mol. The highest BCUT2D eigenvalue weighted by molar-refractivity contribution is 8.00. The first-order valence-corrected chi connectivity index (χ1v) is 8.71. The summed E-state index contributed by atoms with van der Waals surface area (Å²) < 4.78 is 18.2. The van der Waals surface area contributed by atoms with Gasteiger partial charge in [-0.25, -0.2) is 9.37 Å². The summed E-state index contributed by atoms with van der Waals surface area (Å²) in [7, 11) is 1.63. The van der Waals surface area contributed by atoms with E-state index >= 15 is 0 Å². The van der Waals surface area contributed by atoms with Gasteiger partial charge in [0.05, 0.1) is 12.9 Å². The number of aromatic nitrogens is 1. The van der Waals surface area contributed by atoms with E-state index in [1.54, 1.807) is 25.4 Å². The fraction of sp³-hybridized carbons (Fsp3) is 0.158. The number of carbonyl (C=O) groups excluding carboxylic acids is 1. The maximum absolute atomic E-state index is 12.9. The number of fused-ring (bicyclic) bond motifs is 1. The average Bonchev–Trinajstić information content (AvgIpc) is 2.65. The van der Waals surface area contributed by atoms with Gasteiger partial charge in [-0.2, -0.15) is 0 Å². The Morgan fingerprint density at radius 2 is 1.96 bits per heavy atom. The molecule has 0 spiro atoms. The normalized spacial score (nSPS) is 10.6. The SMILES string of the molecule is COc1cccc2c(SCC(=O)NCc3ccc(F)cc3)nccc12. The molecule has 3 rings (SSSR count). The number of methoxy groups -OCH3 is 1. The molecular weight excluding hydrogens is 339 g/mol. The van der Waals surface area contributed by atoms with E-state index in [0.29, 0.717) is 6.54 Å². The maximum Gasteiger partial charge on any atom is 0.230 e. The van der Waals surface area contributed by atoms with Gasteiger partial charge < -0.3 is 10.1 Å². The van der Waals surface area contributed by atoms with Crippen LogP contribution in [0, 0.1) is 5.82 Å². The minimum Gasteiger partial charge on any atom is -0.496 e. The van der Waals surface area contributed by atoms with Gasteiger partial charge in [0.25, 0.3) is 0 Å². The Balaban J connectivity index is 1.62. The number of halogens is 1. The molecule has 0 saturated heterocycles. The molecule has 1 amide bonds. The molecule has 1 heterocycles. The van der Waals surface area contributed by atoms with Crippen LogP contribution in [0.5, 0.6) is 5.75 Å². The lowest BCUT2D eigenvalue weighted by Gasteiger charge is -2.09. The molecule has 25 heavy (non-hydrogen) atoms. The van der Waals surface area contributed by atoms with Crippen LogP contribution in [0.1, 0.15) is 5.56 Å². The lowest BCUT2D eigenvalue weighted by molar-refractivity contribution is -0.118. The topological polar surface area (TPSA) is 51.2 Å². The van der Waals surface area contributed by atoms with E-state index in [-0.39, 0.29) is 17.5 Å². The number of nitrogens with one attached hydrogen (secondary N) is 1. The van der Waals surface area contributed by atoms with Crippen molar-refractivity contribution < 1.29 is 13.9 Å². The molecule has 0 saturated carbocycles. The van der Waals surface area contributed by atoms with Crippen molar-refractivity contribution in [1.29, 1.82) is 0 Å². The standard InChI is InChI=1S/C19H17FN2O2S/c1-24-17-4-2-3-16-15(17)9-10-21-19(16)25-12-18(23)22-11-13-5-7-14(20)8-6-13/h2-10H,11-12H2,1H3,(H,22,23). The smallest absolute Gasteiger partial charge is 0.230 e. The van der Waals surface area contributed by atoms with Gasteiger partial charge in [0.2, 0.25) is 5.91 Å². The zero-order chi connectivity index (χ0) is 17.6. The van der Waals surface area contributed by atoms with E-state index in [9.17, 15) is 9.18 Å². The molecule has 0 atom stereocenters. The van der Waals surface area contributed by atoms with Crippen LogP contribution in [0.2, 0.25) is 0 Å². The third kappa shape index (κ3) is 4.28. The Hall–Kier alpha value is -2.60. The number of rotatable bonds is 6. The second-order valence-electron chi connectivity index (χ2n) is 5.36. The molecule has 128 valence electrons. The number of ether oxygens (including phenoxy) is 1. The molecule has 0 radical (unpaired) electrons. The van der Waals surface area contributed by atoms with Gasteiger partial charge >= 0.3 is 0 Å². The van der Waals surface area contributed by atoms with Crippen LogP contribution in [0.4, 0.5) is 4.39 Å². The number of nitrogens with zero attached hydrogens (tertiary/aromatic N) is 1. The summed E-state index contributed by atoms with van der Waals surface area (Å²) in [6.45, 7) is 0.371. The number of carbonyl (C=O) groups is 1. The van der Waals surface area contributed by atoms with E-state index in [1.165, 1.54) is 23.9 Å². The van der Waals surface area contributed by atoms with E-state index in [4.69, 9.17) is 4.74 Å². The fourth-order valence-electron chi connectivity index (χ4n) is 2.43. The van der Waals surface area contributed by atoms with Crippen molar-refractivity contribution in [2.75, 3.05) is 12.9 Å². The van der Waals surface area contributed by atoms with Gasteiger partial charge in [0, 0.05) is 23.5 Å². The summed E-state index contributed by atoms with van der Waals surface area (Å²) in [5.41, 5.74) is 0.854. The van der Waals surface area contributed by atoms with Crippen molar-refractivity contribution in [1.82, 2.24) is 10.3 Å². The molecular formula is C19H17FN2O2S. The van der Waals surface area contributed by atoms with Gasteiger partial charge in [-0.15, -0.1) is 0 Å². The molecule has 4 nitrogen and oxygen atoms in total. The molecule has 3 aromatic rings. The summed E-state index contributed by atoms with van der Waals surface area (Å²) in [6, 6.07) is 13.7. The highest BCUT2D eigenvalue weighted by atomic mass is 32.2. The van der Waals surface area contributed by atoms with E-state index in [1.807, 2.05) is 24.3 Å². The Morgan fingerprint density at radius 3 is 2.72 bits per heavy atom. The number of hydrogen-bond acceptors (Lipinski definition) is 4. The second kappa shape index (κ2) is 7.98. The van der Waals surface area contributed by atoms with Crippen molar-refractivity contribution in [3.05, 3.63) is 66.1 Å². The van der Waals surface area contributed by atoms with Crippen LogP contribution in [0.15, 0.2) is 59.8 Å². The molecule has 1 aromatic heterocycles. The average molecular weight is 356 g/mol. The molecule has 0 aliphatic rings. The fourth-order valence-corrected chi connectivity index (χ4v) is 3.27. The maximum atomic E-state index is 12.9. The monoisotopic (exact) mass is 356 g/mol. The molecule has 2 aromatic carbocycles. The van der Waals surface area contributed by atoms with Gasteiger partial charge in [-0.3, -0.25) is 4.79 Å². The summed E-state index contributed by atoms with van der Waals surface area (Å²) in [5, 5.41) is 5.53. The van der Waals surface area contributed by atoms with Crippen molar-refractivity contribution >= 4 is 28.4 Å². The van der Waals surface area contributed by atoms with Crippen molar-refractivity contribution in [3.63, 3.8) is 0 Å². The minimum atomic E-state index is -0.289. The van der Waals surface area contributed by atoms with Crippen LogP contribution < -0.4 is 10.1 Å². The number of thioether (sulfide) groups is 1. The van der Waals surface area contributed by atoms with E-state index in [2.05, 4.69) is 10.3 Å². The predicted octanol–water partition coefficient (Wildman–Crippen LogP) is 3.79. The highest BCUT2D eigenvalue weighted by Gasteiger charge is 2.09. The second-order valence-corrected chi connectivity index (χ2v) is 6.33. The number of benzene rings is 2. The minimum absolute atomic E-state index is 0.101. The first-order valence-electron chi connectivity index (χ1n) is 7.73. The summed E-state index contributed by atoms with van der Waals surface area (Å²) in [5.74, 6) is 0.645. The molecule has 1 N–H and O–H groups in total. The zero-order valence-electron chi connectivity index (χ0n) is 13.7. The summed E-state index contributed by atoms with van der Waals surface area (Å²) in [4.78, 5) is 16.4. The molecule has 0 aliphatic heterocycles. The van der Waals surface area contributed by atoms with E-state index in [0.717, 1.165) is 27.1 Å². The number of hydrogen-bond donors (Lipinski definition) is 1. The number of amides is 1. The Kier molecular flexibility index (Phi) is 5.50. The Bertz CT molecular complexity index is 884. The molecule has 6 heteroatoms. The van der Waals surface area contributed by atoms with E-state index < -0.39 is 0 Å². The first-order chi connectivity index (χ1) is 12.2. The largest absolute Gasteiger partial charge is 0.496 e. The lowest BCUT2D eigenvalue weighted by atomic mass is 10.1. The molecule has 0 aliphatic carbocycles. The Labute approximate surface area is 149 Å². The van der Waals surface area contributed by atoms with Crippen LogP contribution in [-0.2, 0) is 11.3 Å². The molecule has 0 unspecified atom stereocenters. The van der Waals surface area contributed by atoms with Crippen molar-refractivity contribution in [2.45, 2.75) is 11.6 Å². The third-order valence-corrected chi connectivity index (χ3v) is 4.70. The summed E-state index contributed by atoms with van der Waals surface area (Å²) >= 11 is 1.38. The van der Waals surface area contributed by atoms with Crippen molar-refractivity contribution in [2.24, 2.45) is 0 Å². The van der Waals surface area contributed by atoms with Crippen molar-refractivity contribution in [3.8, 4) is 5.75 Å². The third-order valence-electron chi connectivity index (χ3n) is 3.69. The number of pyridine rings is 1. The van der Waals surface area contributed by atoms with Crippen LogP contribution in [0.25, 0.3) is 10.8 Å². The first kappa shape index (κ1) is 17.2. The molecule has 0 fully saturated rings. The highest BCUT2D eigenvalue weighted by Crippen LogP contribution is 2.31. The van der Waals surface area contributed by atoms with Gasteiger partial charge in [0.1, 0.15) is 16.6 Å². The van der Waals surface area contributed by atoms with Gasteiger partial charge in [-0.05, 0) is 29.8 Å². The summed E-state index contributed by atoms with van der Waals surface area (Å²) in [6.07, 6.45) is 1.71. The van der Waals surface area contributed by atoms with Crippen LogP contribution in [0.3, 0.4) is 0 Å². The van der Waals surface area contributed by atoms with Gasteiger partial charge in [0.15, 0.2) is 0 Å². The quantitative estimate of drug-likeness (QED) is 0.683. The molecule has 0 bridgehead atoms. The van der Waals surface area contributed by atoms with Crippen LogP contribution in [-0.4, -0.2) is 23.8 Å². The van der Waals surface area contributed by atoms with Gasteiger partial charge in [-0.1, -0.05) is 36.0 Å². The zero-order valence-corrected chi connectivity index (χ0v) is 14.5. The lowest BCUT2D eigenvalue weighted by Crippen LogP contribution is -2.24.